The first-order valence-electron chi connectivity index (χ1n) is 9.85. The van der Waals surface area contributed by atoms with Crippen LogP contribution in [0.15, 0.2) is 53.4 Å². The van der Waals surface area contributed by atoms with E-state index in [-0.39, 0.29) is 12.2 Å². The number of piperidine rings is 1. The van der Waals surface area contributed by atoms with Crippen LogP contribution in [0.4, 0.5) is 0 Å². The first-order valence-corrected chi connectivity index (χ1v) is 11.7. The third-order valence-electron chi connectivity index (χ3n) is 5.08. The molecule has 2 N–H and O–H groups in total. The maximum atomic E-state index is 6.69. The number of likely N-dealkylation sites (tertiary alicyclic amines) is 1. The summed E-state index contributed by atoms with van der Waals surface area (Å²) in [6.45, 7) is 2.86. The Morgan fingerprint density at radius 2 is 2.04 bits per heavy atom. The lowest BCUT2D eigenvalue weighted by Crippen LogP contribution is -2.35. The van der Waals surface area contributed by atoms with Crippen molar-refractivity contribution in [3.8, 4) is 0 Å². The van der Waals surface area contributed by atoms with Gasteiger partial charge in [-0.25, -0.2) is 4.98 Å². The molecule has 1 saturated heterocycles. The number of thiazole rings is 1. The summed E-state index contributed by atoms with van der Waals surface area (Å²) >= 11 is 3.53. The standard InChI is InChI=1S/C22H27N3OS2/c1-25-12-9-17(10-13-25)26-21(16-5-4-6-18(15-16)27-14-11-23)22-24-19-7-2-3-8-20(19)28-22/h2-8,15,17,21H,9-14,23H2,1H3. The molecule has 0 radical (unpaired) electrons. The molecule has 4 nitrogen and oxygen atoms in total. The van der Waals surface area contributed by atoms with Crippen LogP contribution in [0.5, 0.6) is 0 Å². The van der Waals surface area contributed by atoms with Gasteiger partial charge in [-0.1, -0.05) is 24.3 Å². The van der Waals surface area contributed by atoms with Crippen molar-refractivity contribution in [3.05, 3.63) is 59.1 Å². The zero-order chi connectivity index (χ0) is 19.3. The molecule has 6 heteroatoms. The van der Waals surface area contributed by atoms with Crippen LogP contribution in [0.2, 0.25) is 0 Å². The van der Waals surface area contributed by atoms with E-state index in [1.165, 1.54) is 15.2 Å². The van der Waals surface area contributed by atoms with E-state index in [4.69, 9.17) is 15.5 Å². The van der Waals surface area contributed by atoms with E-state index in [0.717, 1.165) is 42.2 Å². The van der Waals surface area contributed by atoms with Crippen LogP contribution in [0.25, 0.3) is 10.2 Å². The predicted molar refractivity (Wildman–Crippen MR) is 119 cm³/mol. The van der Waals surface area contributed by atoms with Gasteiger partial charge in [0.25, 0.3) is 0 Å². The number of hydrogen-bond donors (Lipinski definition) is 1. The SMILES string of the molecule is CN1CCC(OC(c2cccc(SCCN)c2)c2nc3ccccc3s2)CC1. The van der Waals surface area contributed by atoms with E-state index in [1.807, 2.05) is 6.07 Å². The molecular formula is C22H27N3OS2. The smallest absolute Gasteiger partial charge is 0.134 e. The maximum absolute atomic E-state index is 6.69. The monoisotopic (exact) mass is 413 g/mol. The number of para-hydroxylation sites is 1. The van der Waals surface area contributed by atoms with Gasteiger partial charge < -0.3 is 15.4 Å². The van der Waals surface area contributed by atoms with Gasteiger partial charge in [0.1, 0.15) is 11.1 Å². The summed E-state index contributed by atoms with van der Waals surface area (Å²) in [5, 5.41) is 1.04. The Bertz CT molecular complexity index is 872. The van der Waals surface area contributed by atoms with Gasteiger partial charge in [-0.3, -0.25) is 0 Å². The molecule has 0 saturated carbocycles. The number of ether oxygens (including phenoxy) is 1. The lowest BCUT2D eigenvalue weighted by atomic mass is 10.1. The summed E-state index contributed by atoms with van der Waals surface area (Å²) in [6.07, 6.45) is 2.29. The molecule has 0 amide bonds. The van der Waals surface area contributed by atoms with E-state index in [1.54, 1.807) is 23.1 Å². The Kier molecular flexibility index (Phi) is 6.65. The van der Waals surface area contributed by atoms with Crippen molar-refractivity contribution >= 4 is 33.3 Å². The van der Waals surface area contributed by atoms with Crippen molar-refractivity contribution in [1.29, 1.82) is 0 Å². The summed E-state index contributed by atoms with van der Waals surface area (Å²) in [5.74, 6) is 0.922. The minimum absolute atomic E-state index is 0.121. The average molecular weight is 414 g/mol. The van der Waals surface area contributed by atoms with Crippen molar-refractivity contribution in [2.75, 3.05) is 32.4 Å². The Morgan fingerprint density at radius 3 is 2.82 bits per heavy atom. The normalized spacial score (nSPS) is 17.2. The van der Waals surface area contributed by atoms with Gasteiger partial charge in [0.05, 0.1) is 16.3 Å². The second-order valence-corrected chi connectivity index (χ2v) is 9.48. The zero-order valence-electron chi connectivity index (χ0n) is 16.2. The van der Waals surface area contributed by atoms with Gasteiger partial charge in [0, 0.05) is 30.3 Å². The molecule has 0 spiro atoms. The van der Waals surface area contributed by atoms with Crippen molar-refractivity contribution in [3.63, 3.8) is 0 Å². The highest BCUT2D eigenvalue weighted by atomic mass is 32.2. The van der Waals surface area contributed by atoms with E-state index >= 15 is 0 Å². The number of benzene rings is 2. The Morgan fingerprint density at radius 1 is 1.21 bits per heavy atom. The average Bonchev–Trinajstić information content (AvgIpc) is 3.16. The number of nitrogens with two attached hydrogens (primary N) is 1. The molecule has 2 aromatic carbocycles. The molecule has 2 heterocycles. The van der Waals surface area contributed by atoms with Crippen LogP contribution >= 0.6 is 23.1 Å². The second kappa shape index (κ2) is 9.37. The lowest BCUT2D eigenvalue weighted by Gasteiger charge is -2.31. The van der Waals surface area contributed by atoms with E-state index in [9.17, 15) is 0 Å². The maximum Gasteiger partial charge on any atom is 0.134 e. The fraction of sp³-hybridized carbons (Fsp3) is 0.409. The van der Waals surface area contributed by atoms with Crippen LogP contribution in [0.3, 0.4) is 0 Å². The Labute approximate surface area is 175 Å². The van der Waals surface area contributed by atoms with Crippen LogP contribution in [-0.4, -0.2) is 48.4 Å². The van der Waals surface area contributed by atoms with Crippen LogP contribution < -0.4 is 5.73 Å². The third kappa shape index (κ3) is 4.75. The van der Waals surface area contributed by atoms with Gasteiger partial charge in [0.15, 0.2) is 0 Å². The molecule has 0 bridgehead atoms. The zero-order valence-corrected chi connectivity index (χ0v) is 17.8. The summed E-state index contributed by atoms with van der Waals surface area (Å²) in [4.78, 5) is 8.53. The molecule has 0 aliphatic carbocycles. The summed E-state index contributed by atoms with van der Waals surface area (Å²) < 4.78 is 7.90. The summed E-state index contributed by atoms with van der Waals surface area (Å²) in [7, 11) is 2.18. The largest absolute Gasteiger partial charge is 0.363 e. The van der Waals surface area contributed by atoms with Crippen molar-refractivity contribution in [2.45, 2.75) is 29.9 Å². The topological polar surface area (TPSA) is 51.4 Å². The lowest BCUT2D eigenvalue weighted by molar-refractivity contribution is -0.0235. The summed E-state index contributed by atoms with van der Waals surface area (Å²) in [5.41, 5.74) is 7.92. The van der Waals surface area contributed by atoms with Gasteiger partial charge in [-0.2, -0.15) is 0 Å². The van der Waals surface area contributed by atoms with Gasteiger partial charge in [-0.15, -0.1) is 23.1 Å². The molecule has 148 valence electrons. The Balaban J connectivity index is 1.64. The second-order valence-electron chi connectivity index (χ2n) is 7.25. The first kappa shape index (κ1) is 19.9. The molecule has 1 atom stereocenters. The van der Waals surface area contributed by atoms with Crippen molar-refractivity contribution < 1.29 is 4.74 Å². The molecule has 1 aromatic heterocycles. The van der Waals surface area contributed by atoms with Gasteiger partial charge in [-0.05, 0) is 49.7 Å². The van der Waals surface area contributed by atoms with Crippen LogP contribution in [0.1, 0.15) is 29.5 Å². The molecule has 1 unspecified atom stereocenters. The number of thioether (sulfide) groups is 1. The fourth-order valence-electron chi connectivity index (χ4n) is 3.54. The highest BCUT2D eigenvalue weighted by Crippen LogP contribution is 2.36. The van der Waals surface area contributed by atoms with Gasteiger partial charge in [0.2, 0.25) is 0 Å². The quantitative estimate of drug-likeness (QED) is 0.576. The molecule has 3 aromatic rings. The van der Waals surface area contributed by atoms with Crippen LogP contribution in [-0.2, 0) is 4.74 Å². The number of nitrogens with zero attached hydrogens (tertiary/aromatic N) is 2. The number of hydrogen-bond acceptors (Lipinski definition) is 6. The van der Waals surface area contributed by atoms with Crippen molar-refractivity contribution in [2.24, 2.45) is 5.73 Å². The van der Waals surface area contributed by atoms with Crippen LogP contribution in [0, 0.1) is 0 Å². The molecule has 1 aliphatic rings. The van der Waals surface area contributed by atoms with Gasteiger partial charge >= 0.3 is 0 Å². The van der Waals surface area contributed by atoms with E-state index in [2.05, 4.69) is 54.4 Å². The molecule has 1 aliphatic heterocycles. The highest BCUT2D eigenvalue weighted by Gasteiger charge is 2.26. The Hall–Kier alpha value is -1.44. The van der Waals surface area contributed by atoms with E-state index in [0.29, 0.717) is 6.54 Å². The predicted octanol–water partition coefficient (Wildman–Crippen LogP) is 4.55. The molecular weight excluding hydrogens is 386 g/mol. The van der Waals surface area contributed by atoms with E-state index < -0.39 is 0 Å². The summed E-state index contributed by atoms with van der Waals surface area (Å²) in [6, 6.07) is 17.0. The fourth-order valence-corrected chi connectivity index (χ4v) is 5.32. The minimum atomic E-state index is -0.121. The number of rotatable bonds is 7. The minimum Gasteiger partial charge on any atom is -0.363 e. The molecule has 28 heavy (non-hydrogen) atoms. The molecule has 1 fully saturated rings. The number of fused-ring (bicyclic) bond motifs is 1. The van der Waals surface area contributed by atoms with Crippen molar-refractivity contribution in [1.82, 2.24) is 9.88 Å². The third-order valence-corrected chi connectivity index (χ3v) is 7.18. The molecule has 4 rings (SSSR count). The number of aromatic nitrogens is 1. The highest BCUT2D eigenvalue weighted by molar-refractivity contribution is 7.99. The first-order chi connectivity index (χ1) is 13.7.